The summed E-state index contributed by atoms with van der Waals surface area (Å²) in [7, 11) is 1.63. The first-order valence-electron chi connectivity index (χ1n) is 8.77. The Bertz CT molecular complexity index is 680. The molecule has 2 aromatic rings. The quantitative estimate of drug-likeness (QED) is 0.866. The summed E-state index contributed by atoms with van der Waals surface area (Å²) in [6, 6.07) is 17.8. The maximum atomic E-state index is 12.5. The van der Waals surface area contributed by atoms with Crippen LogP contribution in [0.5, 0.6) is 5.75 Å². The van der Waals surface area contributed by atoms with Crippen LogP contribution in [0, 0.1) is 0 Å². The highest BCUT2D eigenvalue weighted by Crippen LogP contribution is 2.15. The second-order valence-corrected chi connectivity index (χ2v) is 6.42. The number of piperazine rings is 1. The molecule has 0 aliphatic carbocycles. The van der Waals surface area contributed by atoms with Crippen molar-refractivity contribution in [3.63, 3.8) is 0 Å². The average Bonchev–Trinajstić information content (AvgIpc) is 2.69. The smallest absolute Gasteiger partial charge is 0.282 e. The number of methoxy groups -OCH3 is 1. The molecule has 0 radical (unpaired) electrons. The third-order valence-electron chi connectivity index (χ3n) is 4.89. The number of anilines is 2. The Morgan fingerprint density at radius 1 is 1.08 bits per heavy atom. The zero-order valence-corrected chi connectivity index (χ0v) is 14.9. The first kappa shape index (κ1) is 17.3. The molecule has 0 bridgehead atoms. The van der Waals surface area contributed by atoms with E-state index in [0.29, 0.717) is 0 Å². The minimum absolute atomic E-state index is 0.0633. The first-order chi connectivity index (χ1) is 12.2. The molecule has 1 aliphatic rings. The highest BCUT2D eigenvalue weighted by atomic mass is 16.5. The maximum Gasteiger partial charge on any atom is 0.282 e. The van der Waals surface area contributed by atoms with Crippen molar-refractivity contribution < 1.29 is 14.4 Å². The van der Waals surface area contributed by atoms with Gasteiger partial charge in [-0.25, -0.2) is 0 Å². The first-order valence-corrected chi connectivity index (χ1v) is 8.77. The number of amides is 1. The zero-order chi connectivity index (χ0) is 17.6. The number of carbonyl (C=O) groups is 1. The third kappa shape index (κ3) is 4.31. The summed E-state index contributed by atoms with van der Waals surface area (Å²) in [6.07, 6.45) is 0. The molecule has 25 heavy (non-hydrogen) atoms. The summed E-state index contributed by atoms with van der Waals surface area (Å²) < 4.78 is 5.14. The van der Waals surface area contributed by atoms with Crippen molar-refractivity contribution in [2.45, 2.75) is 13.0 Å². The van der Waals surface area contributed by atoms with E-state index in [4.69, 9.17) is 4.74 Å². The van der Waals surface area contributed by atoms with E-state index >= 15 is 0 Å². The number of carbonyl (C=O) groups excluding carboxylic acids is 1. The van der Waals surface area contributed by atoms with Crippen molar-refractivity contribution in [3.8, 4) is 5.75 Å². The van der Waals surface area contributed by atoms with Crippen LogP contribution in [0.2, 0.25) is 0 Å². The van der Waals surface area contributed by atoms with E-state index in [0.717, 1.165) is 37.6 Å². The predicted octanol–water partition coefficient (Wildman–Crippen LogP) is 1.43. The Morgan fingerprint density at radius 2 is 1.72 bits per heavy atom. The van der Waals surface area contributed by atoms with Crippen molar-refractivity contribution in [1.82, 2.24) is 0 Å². The summed E-state index contributed by atoms with van der Waals surface area (Å²) in [4.78, 5) is 16.3. The van der Waals surface area contributed by atoms with Gasteiger partial charge in [0.1, 0.15) is 5.75 Å². The molecular weight excluding hydrogens is 314 g/mol. The summed E-state index contributed by atoms with van der Waals surface area (Å²) in [5.74, 6) is 0.849. The fourth-order valence-electron chi connectivity index (χ4n) is 3.23. The highest BCUT2D eigenvalue weighted by Gasteiger charge is 2.29. The van der Waals surface area contributed by atoms with Gasteiger partial charge in [-0.3, -0.25) is 4.79 Å². The monoisotopic (exact) mass is 340 g/mol. The van der Waals surface area contributed by atoms with Crippen LogP contribution in [0.1, 0.15) is 6.92 Å². The molecule has 0 saturated carbocycles. The topological polar surface area (TPSA) is 46.0 Å². The Kier molecular flexibility index (Phi) is 5.56. The number of nitrogens with zero attached hydrogens (tertiary/aromatic N) is 1. The van der Waals surface area contributed by atoms with Crippen molar-refractivity contribution in [2.24, 2.45) is 0 Å². The van der Waals surface area contributed by atoms with E-state index < -0.39 is 0 Å². The van der Waals surface area contributed by atoms with Gasteiger partial charge in [-0.05, 0) is 43.3 Å². The molecule has 1 saturated heterocycles. The number of hydrogen-bond acceptors (Lipinski definition) is 3. The second-order valence-electron chi connectivity index (χ2n) is 6.42. The number of rotatable bonds is 5. The van der Waals surface area contributed by atoms with E-state index in [1.807, 2.05) is 37.3 Å². The predicted molar refractivity (Wildman–Crippen MR) is 100 cm³/mol. The molecule has 2 aromatic carbocycles. The fourth-order valence-corrected chi connectivity index (χ4v) is 3.23. The molecule has 2 N–H and O–H groups in total. The SMILES string of the molecule is COc1ccc(NC(=O)[C@H](C)[NH+]2CCN(c3ccccc3)CC2)cc1. The summed E-state index contributed by atoms with van der Waals surface area (Å²) in [6.45, 7) is 5.88. The normalized spacial score (nSPS) is 16.3. The molecule has 5 heteroatoms. The van der Waals surface area contributed by atoms with Crippen LogP contribution in [-0.2, 0) is 4.79 Å². The van der Waals surface area contributed by atoms with Crippen molar-refractivity contribution in [2.75, 3.05) is 43.5 Å². The van der Waals surface area contributed by atoms with E-state index in [1.165, 1.54) is 10.6 Å². The molecule has 5 nitrogen and oxygen atoms in total. The van der Waals surface area contributed by atoms with Crippen molar-refractivity contribution in [3.05, 3.63) is 54.6 Å². The molecule has 1 amide bonds. The average molecular weight is 340 g/mol. The van der Waals surface area contributed by atoms with Gasteiger partial charge in [-0.2, -0.15) is 0 Å². The van der Waals surface area contributed by atoms with E-state index in [1.54, 1.807) is 7.11 Å². The van der Waals surface area contributed by atoms with Crippen LogP contribution in [-0.4, -0.2) is 45.2 Å². The number of quaternary nitrogens is 1. The number of ether oxygens (including phenoxy) is 1. The van der Waals surface area contributed by atoms with Gasteiger partial charge in [0.2, 0.25) is 0 Å². The Labute approximate surface area is 149 Å². The lowest BCUT2D eigenvalue weighted by Gasteiger charge is -2.36. The number of para-hydroxylation sites is 1. The molecule has 0 aromatic heterocycles. The van der Waals surface area contributed by atoms with Gasteiger partial charge >= 0.3 is 0 Å². The summed E-state index contributed by atoms with van der Waals surface area (Å²) in [5, 5.41) is 3.00. The summed E-state index contributed by atoms with van der Waals surface area (Å²) >= 11 is 0. The van der Waals surface area contributed by atoms with Crippen molar-refractivity contribution >= 4 is 17.3 Å². The van der Waals surface area contributed by atoms with Gasteiger partial charge in [0, 0.05) is 11.4 Å². The standard InChI is InChI=1S/C20H25N3O2/c1-16(20(24)21-17-8-10-19(25-2)11-9-17)22-12-14-23(15-13-22)18-6-4-3-5-7-18/h3-11,16H,12-15H2,1-2H3,(H,21,24)/p+1/t16-/m0/s1. The maximum absolute atomic E-state index is 12.5. The van der Waals surface area contributed by atoms with Gasteiger partial charge in [0.25, 0.3) is 5.91 Å². The van der Waals surface area contributed by atoms with Crippen LogP contribution in [0.3, 0.4) is 0 Å². The largest absolute Gasteiger partial charge is 0.497 e. The Balaban J connectivity index is 1.52. The zero-order valence-electron chi connectivity index (χ0n) is 14.9. The lowest BCUT2D eigenvalue weighted by atomic mass is 10.2. The minimum Gasteiger partial charge on any atom is -0.497 e. The molecule has 1 atom stereocenters. The van der Waals surface area contributed by atoms with Crippen LogP contribution < -0.4 is 19.9 Å². The molecule has 132 valence electrons. The third-order valence-corrected chi connectivity index (χ3v) is 4.89. The minimum atomic E-state index is -0.0694. The lowest BCUT2D eigenvalue weighted by molar-refractivity contribution is -0.914. The lowest BCUT2D eigenvalue weighted by Crippen LogP contribution is -3.19. The van der Waals surface area contributed by atoms with Gasteiger partial charge < -0.3 is 19.9 Å². The van der Waals surface area contributed by atoms with Gasteiger partial charge in [0.05, 0.1) is 33.3 Å². The van der Waals surface area contributed by atoms with E-state index in [2.05, 4.69) is 34.5 Å². The number of benzene rings is 2. The molecule has 0 unspecified atom stereocenters. The molecule has 0 spiro atoms. The summed E-state index contributed by atoms with van der Waals surface area (Å²) in [5.41, 5.74) is 2.07. The van der Waals surface area contributed by atoms with E-state index in [-0.39, 0.29) is 11.9 Å². The molecular formula is C20H26N3O2+. The van der Waals surface area contributed by atoms with Crippen LogP contribution in [0.25, 0.3) is 0 Å². The van der Waals surface area contributed by atoms with Gasteiger partial charge in [-0.1, -0.05) is 18.2 Å². The van der Waals surface area contributed by atoms with Crippen LogP contribution in [0.15, 0.2) is 54.6 Å². The fraction of sp³-hybridized carbons (Fsp3) is 0.350. The molecule has 1 aliphatic heterocycles. The van der Waals surface area contributed by atoms with Gasteiger partial charge in [-0.15, -0.1) is 0 Å². The molecule has 1 fully saturated rings. The molecule has 3 rings (SSSR count). The second kappa shape index (κ2) is 8.03. The molecule has 1 heterocycles. The van der Waals surface area contributed by atoms with E-state index in [9.17, 15) is 4.79 Å². The number of hydrogen-bond donors (Lipinski definition) is 2. The van der Waals surface area contributed by atoms with Gasteiger partial charge in [0.15, 0.2) is 6.04 Å². The Morgan fingerprint density at radius 3 is 2.32 bits per heavy atom. The highest BCUT2D eigenvalue weighted by molar-refractivity contribution is 5.93. The van der Waals surface area contributed by atoms with Crippen molar-refractivity contribution in [1.29, 1.82) is 0 Å². The van der Waals surface area contributed by atoms with Crippen LogP contribution >= 0.6 is 0 Å². The number of nitrogens with one attached hydrogen (secondary N) is 2. The van der Waals surface area contributed by atoms with Crippen LogP contribution in [0.4, 0.5) is 11.4 Å². The Hall–Kier alpha value is -2.53.